The van der Waals surface area contributed by atoms with Gasteiger partial charge in [0.2, 0.25) is 0 Å². The molecule has 1 aromatic carbocycles. The van der Waals surface area contributed by atoms with Crippen molar-refractivity contribution in [3.05, 3.63) is 34.2 Å². The summed E-state index contributed by atoms with van der Waals surface area (Å²) in [4.78, 5) is 10.2. The van der Waals surface area contributed by atoms with Gasteiger partial charge in [0.05, 0.1) is 12.8 Å². The number of nitrogens with zero attached hydrogens (tertiary/aromatic N) is 1. The lowest BCUT2D eigenvalue weighted by molar-refractivity contribution is 0.124. The zero-order valence-corrected chi connectivity index (χ0v) is 10.6. The molecule has 0 saturated heterocycles. The number of rotatable bonds is 4. The average molecular weight is 250 g/mol. The van der Waals surface area contributed by atoms with Gasteiger partial charge in [0.25, 0.3) is 0 Å². The molecule has 90 valence electrons. The molecule has 0 radical (unpaired) electrons. The Kier molecular flexibility index (Phi) is 3.73. The van der Waals surface area contributed by atoms with E-state index in [1.165, 1.54) is 0 Å². The lowest BCUT2D eigenvalue weighted by Crippen LogP contribution is -1.98. The van der Waals surface area contributed by atoms with Gasteiger partial charge in [0.15, 0.2) is 0 Å². The average Bonchev–Trinajstić information content (AvgIpc) is 2.70. The Morgan fingerprint density at radius 2 is 2.12 bits per heavy atom. The summed E-state index contributed by atoms with van der Waals surface area (Å²) >= 11 is 1.58. The van der Waals surface area contributed by atoms with Gasteiger partial charge >= 0.3 is 0 Å². The highest BCUT2D eigenvalue weighted by Crippen LogP contribution is 2.33. The third kappa shape index (κ3) is 2.46. The Balaban J connectivity index is 2.45. The van der Waals surface area contributed by atoms with E-state index in [1.807, 2.05) is 31.2 Å². The maximum absolute atomic E-state index is 5.33. The number of para-hydroxylation sites is 1. The van der Waals surface area contributed by atoms with E-state index in [9.17, 15) is 0 Å². The molecule has 0 spiro atoms. The topological polar surface area (TPSA) is 57.4 Å². The number of hydrogen-bond donors (Lipinski definition) is 1. The maximum atomic E-state index is 5.33. The number of thiazole rings is 1. The fourth-order valence-corrected chi connectivity index (χ4v) is 2.54. The summed E-state index contributed by atoms with van der Waals surface area (Å²) in [5.74, 6) is 5.88. The van der Waals surface area contributed by atoms with Crippen LogP contribution in [0.25, 0.3) is 11.3 Å². The van der Waals surface area contributed by atoms with Crippen molar-refractivity contribution >= 4 is 11.3 Å². The van der Waals surface area contributed by atoms with Gasteiger partial charge in [-0.1, -0.05) is 12.1 Å². The standard InChI is InChI=1S/C12H14N2O2S/c1-8-12(14-11(17-8)7-16-13)9-5-3-4-6-10(9)15-2/h3-6H,7,13H2,1-2H3. The monoisotopic (exact) mass is 250 g/mol. The first-order valence-corrected chi connectivity index (χ1v) is 5.99. The molecule has 4 nitrogen and oxygen atoms in total. The van der Waals surface area contributed by atoms with Gasteiger partial charge in [0, 0.05) is 10.4 Å². The summed E-state index contributed by atoms with van der Waals surface area (Å²) in [6.07, 6.45) is 0. The molecule has 2 rings (SSSR count). The minimum atomic E-state index is 0.334. The SMILES string of the molecule is COc1ccccc1-c1nc(CON)sc1C. The molecule has 1 heterocycles. The summed E-state index contributed by atoms with van der Waals surface area (Å²) < 4.78 is 5.33. The van der Waals surface area contributed by atoms with Gasteiger partial charge in [-0.25, -0.2) is 10.9 Å². The zero-order valence-electron chi connectivity index (χ0n) is 9.77. The number of methoxy groups -OCH3 is 1. The van der Waals surface area contributed by atoms with Crippen LogP contribution in [0.4, 0.5) is 0 Å². The smallest absolute Gasteiger partial charge is 0.128 e. The summed E-state index contributed by atoms with van der Waals surface area (Å²) in [6.45, 7) is 2.36. The van der Waals surface area contributed by atoms with Crippen LogP contribution < -0.4 is 10.6 Å². The molecule has 0 atom stereocenters. The van der Waals surface area contributed by atoms with Crippen molar-refractivity contribution in [3.8, 4) is 17.0 Å². The molecular formula is C12H14N2O2S. The van der Waals surface area contributed by atoms with Crippen molar-refractivity contribution in [2.45, 2.75) is 13.5 Å². The van der Waals surface area contributed by atoms with Gasteiger partial charge in [-0.2, -0.15) is 0 Å². The highest BCUT2D eigenvalue weighted by atomic mass is 32.1. The molecule has 2 aromatic rings. The van der Waals surface area contributed by atoms with Gasteiger partial charge in [-0.05, 0) is 19.1 Å². The molecule has 0 aliphatic rings. The first-order chi connectivity index (χ1) is 8.26. The maximum Gasteiger partial charge on any atom is 0.128 e. The van der Waals surface area contributed by atoms with Crippen molar-refractivity contribution in [3.63, 3.8) is 0 Å². The summed E-state index contributed by atoms with van der Waals surface area (Å²) in [7, 11) is 1.66. The fraction of sp³-hybridized carbons (Fsp3) is 0.250. The highest BCUT2D eigenvalue weighted by Gasteiger charge is 2.13. The largest absolute Gasteiger partial charge is 0.496 e. The number of benzene rings is 1. The molecule has 0 fully saturated rings. The number of aryl methyl sites for hydroxylation is 1. The number of nitrogens with two attached hydrogens (primary N) is 1. The van der Waals surface area contributed by atoms with Crippen LogP contribution >= 0.6 is 11.3 Å². The Morgan fingerprint density at radius 1 is 1.35 bits per heavy atom. The third-order valence-corrected chi connectivity index (χ3v) is 3.35. The Morgan fingerprint density at radius 3 is 2.82 bits per heavy atom. The molecule has 0 aliphatic heterocycles. The van der Waals surface area contributed by atoms with Crippen LogP contribution in [0.15, 0.2) is 24.3 Å². The predicted octanol–water partition coefficient (Wildman–Crippen LogP) is 2.52. The second kappa shape index (κ2) is 5.27. The fourth-order valence-electron chi connectivity index (χ4n) is 1.67. The first-order valence-electron chi connectivity index (χ1n) is 5.17. The van der Waals surface area contributed by atoms with E-state index < -0.39 is 0 Å². The van der Waals surface area contributed by atoms with Gasteiger partial charge in [0.1, 0.15) is 17.4 Å². The van der Waals surface area contributed by atoms with E-state index in [0.29, 0.717) is 6.61 Å². The van der Waals surface area contributed by atoms with Crippen LogP contribution in [-0.4, -0.2) is 12.1 Å². The normalized spacial score (nSPS) is 10.5. The summed E-state index contributed by atoms with van der Waals surface area (Å²) in [5, 5.41) is 0.867. The number of hydrogen-bond acceptors (Lipinski definition) is 5. The van der Waals surface area contributed by atoms with Crippen LogP contribution in [0.1, 0.15) is 9.88 Å². The minimum Gasteiger partial charge on any atom is -0.496 e. The molecule has 0 bridgehead atoms. The second-order valence-corrected chi connectivity index (χ2v) is 4.81. The van der Waals surface area contributed by atoms with Crippen LogP contribution in [-0.2, 0) is 11.4 Å². The lowest BCUT2D eigenvalue weighted by Gasteiger charge is -2.06. The Labute approximate surface area is 104 Å². The van der Waals surface area contributed by atoms with E-state index in [-0.39, 0.29) is 0 Å². The molecule has 0 aliphatic carbocycles. The van der Waals surface area contributed by atoms with Crippen molar-refractivity contribution in [1.29, 1.82) is 0 Å². The summed E-state index contributed by atoms with van der Waals surface area (Å²) in [5.41, 5.74) is 1.92. The van der Waals surface area contributed by atoms with E-state index in [4.69, 9.17) is 10.6 Å². The molecule has 5 heteroatoms. The Bertz CT molecular complexity index is 511. The van der Waals surface area contributed by atoms with E-state index in [1.54, 1.807) is 18.4 Å². The second-order valence-electron chi connectivity index (χ2n) is 3.52. The zero-order chi connectivity index (χ0) is 12.3. The van der Waals surface area contributed by atoms with Gasteiger partial charge < -0.3 is 4.74 Å². The molecule has 0 saturated carbocycles. The van der Waals surface area contributed by atoms with Crippen molar-refractivity contribution < 1.29 is 9.57 Å². The van der Waals surface area contributed by atoms with E-state index in [0.717, 1.165) is 26.9 Å². The van der Waals surface area contributed by atoms with Crippen molar-refractivity contribution in [1.82, 2.24) is 4.98 Å². The predicted molar refractivity (Wildman–Crippen MR) is 67.8 cm³/mol. The van der Waals surface area contributed by atoms with E-state index in [2.05, 4.69) is 9.82 Å². The quantitative estimate of drug-likeness (QED) is 0.847. The molecule has 17 heavy (non-hydrogen) atoms. The van der Waals surface area contributed by atoms with Crippen LogP contribution in [0, 0.1) is 6.92 Å². The third-order valence-electron chi connectivity index (χ3n) is 2.41. The summed E-state index contributed by atoms with van der Waals surface area (Å²) in [6, 6.07) is 7.82. The molecular weight excluding hydrogens is 236 g/mol. The van der Waals surface area contributed by atoms with E-state index >= 15 is 0 Å². The lowest BCUT2D eigenvalue weighted by atomic mass is 10.1. The highest BCUT2D eigenvalue weighted by molar-refractivity contribution is 7.12. The van der Waals surface area contributed by atoms with Gasteiger partial charge in [-0.15, -0.1) is 11.3 Å². The molecule has 0 amide bonds. The minimum absolute atomic E-state index is 0.334. The van der Waals surface area contributed by atoms with Crippen LogP contribution in [0.2, 0.25) is 0 Å². The van der Waals surface area contributed by atoms with Crippen LogP contribution in [0.5, 0.6) is 5.75 Å². The Hall–Kier alpha value is -1.43. The number of aromatic nitrogens is 1. The molecule has 1 aromatic heterocycles. The number of ether oxygens (including phenoxy) is 1. The molecule has 0 unspecified atom stereocenters. The first kappa shape index (κ1) is 12.0. The van der Waals surface area contributed by atoms with Crippen molar-refractivity contribution in [2.75, 3.05) is 7.11 Å². The van der Waals surface area contributed by atoms with Gasteiger partial charge in [-0.3, -0.25) is 4.84 Å². The van der Waals surface area contributed by atoms with Crippen LogP contribution in [0.3, 0.4) is 0 Å². The molecule has 2 N–H and O–H groups in total. The van der Waals surface area contributed by atoms with Crippen molar-refractivity contribution in [2.24, 2.45) is 5.90 Å².